The van der Waals surface area contributed by atoms with Gasteiger partial charge >= 0.3 is 0 Å². The van der Waals surface area contributed by atoms with Crippen molar-refractivity contribution in [2.24, 2.45) is 0 Å². The summed E-state index contributed by atoms with van der Waals surface area (Å²) in [6, 6.07) is 1.99. The van der Waals surface area contributed by atoms with Crippen LogP contribution in [-0.2, 0) is 9.84 Å². The van der Waals surface area contributed by atoms with E-state index in [1.165, 1.54) is 6.92 Å². The number of rotatable bonds is 3. The molecular weight excluding hydrogens is 298 g/mol. The molecule has 0 amide bonds. The molecule has 20 heavy (non-hydrogen) atoms. The zero-order valence-corrected chi connectivity index (χ0v) is 12.6. The number of ketones is 1. The Bertz CT molecular complexity index is 672. The van der Waals surface area contributed by atoms with Gasteiger partial charge in [0.2, 0.25) is 0 Å². The summed E-state index contributed by atoms with van der Waals surface area (Å²) in [6.45, 7) is 1.40. The van der Waals surface area contributed by atoms with Gasteiger partial charge in [-0.15, -0.1) is 11.3 Å². The van der Waals surface area contributed by atoms with E-state index in [0.717, 1.165) is 11.3 Å². The molecule has 0 aliphatic carbocycles. The van der Waals surface area contributed by atoms with Gasteiger partial charge in [-0.05, 0) is 12.8 Å². The number of nitrogens with two attached hydrogens (primary N) is 1. The topological polar surface area (TPSA) is 113 Å². The summed E-state index contributed by atoms with van der Waals surface area (Å²) in [4.78, 5) is 11.8. The number of nitriles is 1. The van der Waals surface area contributed by atoms with Crippen LogP contribution < -0.4 is 11.1 Å². The number of anilines is 2. The van der Waals surface area contributed by atoms with Crippen molar-refractivity contribution in [2.75, 3.05) is 22.6 Å². The van der Waals surface area contributed by atoms with Gasteiger partial charge in [-0.3, -0.25) is 4.79 Å². The standard InChI is InChI=1S/C12H15N3O3S2/c1-7(16)11-10(14)9(6-13)12(19-11)15-8-2-4-20(17,18)5-3-8/h8,15H,2-5,14H2,1H3. The SMILES string of the molecule is CC(=O)c1sc(NC2CCS(=O)(=O)CC2)c(C#N)c1N. The van der Waals surface area contributed by atoms with E-state index in [0.29, 0.717) is 22.7 Å². The number of Topliss-reactive ketones (excluding diaryl/α,β-unsaturated/α-hetero) is 1. The van der Waals surface area contributed by atoms with E-state index in [-0.39, 0.29) is 34.6 Å². The molecule has 1 aliphatic rings. The molecule has 0 atom stereocenters. The molecule has 1 aromatic rings. The van der Waals surface area contributed by atoms with Crippen LogP contribution in [0.3, 0.4) is 0 Å². The number of hydrogen-bond donors (Lipinski definition) is 2. The number of nitrogen functional groups attached to an aromatic ring is 1. The van der Waals surface area contributed by atoms with Gasteiger partial charge in [0.15, 0.2) is 5.78 Å². The second-order valence-electron chi connectivity index (χ2n) is 4.79. The van der Waals surface area contributed by atoms with Crippen LogP contribution >= 0.6 is 11.3 Å². The Morgan fingerprint density at radius 2 is 2.05 bits per heavy atom. The summed E-state index contributed by atoms with van der Waals surface area (Å²) in [5.41, 5.74) is 6.27. The largest absolute Gasteiger partial charge is 0.396 e. The third-order valence-corrected chi connectivity index (χ3v) is 6.22. The van der Waals surface area contributed by atoms with Gasteiger partial charge in [0.25, 0.3) is 0 Å². The summed E-state index contributed by atoms with van der Waals surface area (Å²) in [5, 5.41) is 12.8. The van der Waals surface area contributed by atoms with E-state index in [1.54, 1.807) is 0 Å². The fraction of sp³-hybridized carbons (Fsp3) is 0.500. The lowest BCUT2D eigenvalue weighted by Crippen LogP contribution is -2.32. The molecule has 1 aliphatic heterocycles. The van der Waals surface area contributed by atoms with E-state index >= 15 is 0 Å². The van der Waals surface area contributed by atoms with E-state index in [2.05, 4.69) is 5.32 Å². The Morgan fingerprint density at radius 1 is 1.45 bits per heavy atom. The number of carbonyl (C=O) groups excluding carboxylic acids is 1. The van der Waals surface area contributed by atoms with Crippen molar-refractivity contribution < 1.29 is 13.2 Å². The minimum atomic E-state index is -2.92. The van der Waals surface area contributed by atoms with E-state index in [1.807, 2.05) is 6.07 Å². The van der Waals surface area contributed by atoms with Crippen LogP contribution in [-0.4, -0.2) is 31.7 Å². The van der Waals surface area contributed by atoms with Gasteiger partial charge in [0.05, 0.1) is 22.1 Å². The van der Waals surface area contributed by atoms with Crippen LogP contribution in [0.1, 0.15) is 35.0 Å². The first-order valence-electron chi connectivity index (χ1n) is 6.14. The fourth-order valence-corrected chi connectivity index (χ4v) is 4.67. The first-order valence-corrected chi connectivity index (χ1v) is 8.78. The van der Waals surface area contributed by atoms with Crippen LogP contribution in [0.25, 0.3) is 0 Å². The predicted molar refractivity (Wildman–Crippen MR) is 78.7 cm³/mol. The molecule has 8 heteroatoms. The number of nitrogens with zero attached hydrogens (tertiary/aromatic N) is 1. The van der Waals surface area contributed by atoms with E-state index in [9.17, 15) is 13.2 Å². The third-order valence-electron chi connectivity index (χ3n) is 3.27. The van der Waals surface area contributed by atoms with E-state index < -0.39 is 9.84 Å². The zero-order valence-electron chi connectivity index (χ0n) is 11.0. The lowest BCUT2D eigenvalue weighted by atomic mass is 10.1. The number of carbonyl (C=O) groups is 1. The van der Waals surface area contributed by atoms with Crippen molar-refractivity contribution in [1.82, 2.24) is 0 Å². The molecule has 1 saturated heterocycles. The average Bonchev–Trinajstić information content (AvgIpc) is 2.68. The summed E-state index contributed by atoms with van der Waals surface area (Å²) < 4.78 is 22.8. The van der Waals surface area contributed by atoms with Crippen LogP contribution in [0, 0.1) is 11.3 Å². The predicted octanol–water partition coefficient (Wildman–Crippen LogP) is 1.39. The van der Waals surface area contributed by atoms with Crippen LogP contribution in [0.15, 0.2) is 0 Å². The number of hydrogen-bond acceptors (Lipinski definition) is 7. The van der Waals surface area contributed by atoms with Gasteiger partial charge in [-0.2, -0.15) is 5.26 Å². The fourth-order valence-electron chi connectivity index (χ4n) is 2.14. The Kier molecular flexibility index (Phi) is 4.01. The molecule has 0 bridgehead atoms. The Balaban J connectivity index is 2.20. The maximum absolute atomic E-state index is 11.4. The first-order chi connectivity index (χ1) is 9.34. The minimum absolute atomic E-state index is 0.0107. The Hall–Kier alpha value is -1.59. The Labute approximate surface area is 121 Å². The molecule has 108 valence electrons. The average molecular weight is 313 g/mol. The molecule has 0 spiro atoms. The first kappa shape index (κ1) is 14.8. The molecule has 2 heterocycles. The smallest absolute Gasteiger partial charge is 0.171 e. The molecular formula is C12H15N3O3S2. The van der Waals surface area contributed by atoms with Crippen molar-refractivity contribution in [3.05, 3.63) is 10.4 Å². The molecule has 1 fully saturated rings. The van der Waals surface area contributed by atoms with Crippen molar-refractivity contribution in [3.63, 3.8) is 0 Å². The van der Waals surface area contributed by atoms with E-state index in [4.69, 9.17) is 11.0 Å². The minimum Gasteiger partial charge on any atom is -0.396 e. The normalized spacial score (nSPS) is 18.4. The van der Waals surface area contributed by atoms with Crippen molar-refractivity contribution in [1.29, 1.82) is 5.26 Å². The van der Waals surface area contributed by atoms with Gasteiger partial charge in [0, 0.05) is 13.0 Å². The molecule has 0 aromatic carbocycles. The van der Waals surface area contributed by atoms with Gasteiger partial charge in [-0.1, -0.05) is 0 Å². The summed E-state index contributed by atoms with van der Waals surface area (Å²) in [6.07, 6.45) is 1.00. The quantitative estimate of drug-likeness (QED) is 0.815. The third kappa shape index (κ3) is 2.94. The summed E-state index contributed by atoms with van der Waals surface area (Å²) in [5.74, 6) is 0.114. The molecule has 2 rings (SSSR count). The second-order valence-corrected chi connectivity index (χ2v) is 8.11. The molecule has 1 aromatic heterocycles. The lowest BCUT2D eigenvalue weighted by molar-refractivity contribution is 0.102. The molecule has 6 nitrogen and oxygen atoms in total. The summed E-state index contributed by atoms with van der Waals surface area (Å²) in [7, 11) is -2.92. The van der Waals surface area contributed by atoms with Gasteiger partial charge in [0.1, 0.15) is 26.5 Å². The maximum atomic E-state index is 11.4. The van der Waals surface area contributed by atoms with Crippen molar-refractivity contribution in [2.45, 2.75) is 25.8 Å². The molecule has 3 N–H and O–H groups in total. The highest BCUT2D eigenvalue weighted by atomic mass is 32.2. The molecule has 0 saturated carbocycles. The monoisotopic (exact) mass is 313 g/mol. The lowest BCUT2D eigenvalue weighted by Gasteiger charge is -2.23. The van der Waals surface area contributed by atoms with Gasteiger partial charge < -0.3 is 11.1 Å². The Morgan fingerprint density at radius 3 is 2.55 bits per heavy atom. The highest BCUT2D eigenvalue weighted by Gasteiger charge is 2.26. The zero-order chi connectivity index (χ0) is 14.9. The molecule has 0 radical (unpaired) electrons. The highest BCUT2D eigenvalue weighted by Crippen LogP contribution is 2.36. The number of sulfone groups is 1. The van der Waals surface area contributed by atoms with Crippen molar-refractivity contribution >= 4 is 37.6 Å². The van der Waals surface area contributed by atoms with Crippen LogP contribution in [0.5, 0.6) is 0 Å². The second kappa shape index (κ2) is 5.42. The maximum Gasteiger partial charge on any atom is 0.171 e. The summed E-state index contributed by atoms with van der Waals surface area (Å²) >= 11 is 1.15. The van der Waals surface area contributed by atoms with Gasteiger partial charge in [-0.25, -0.2) is 8.42 Å². The number of thiophene rings is 1. The van der Waals surface area contributed by atoms with Crippen LogP contribution in [0.4, 0.5) is 10.7 Å². The number of nitrogens with one attached hydrogen (secondary N) is 1. The highest BCUT2D eigenvalue weighted by molar-refractivity contribution is 7.91. The van der Waals surface area contributed by atoms with Crippen molar-refractivity contribution in [3.8, 4) is 6.07 Å². The van der Waals surface area contributed by atoms with Crippen LogP contribution in [0.2, 0.25) is 0 Å². The molecule has 0 unspecified atom stereocenters.